The third-order valence-electron chi connectivity index (χ3n) is 5.25. The van der Waals surface area contributed by atoms with Crippen molar-refractivity contribution in [1.29, 1.82) is 0 Å². The standard InChI is InChI=1S/C19H20N2O5S/c1-18(2)11-19(7-8-25-18)14(9-16(22)26-19)17-20-10-15(27-17)12-3-5-13(6-4-12)21(23)24/h3-6,10,14H,7-9,11H2,1-2H3/t14-,19-/m1/s1. The van der Waals surface area contributed by atoms with E-state index in [1.54, 1.807) is 18.3 Å². The highest BCUT2D eigenvalue weighted by Crippen LogP contribution is 2.51. The van der Waals surface area contributed by atoms with Gasteiger partial charge in [-0.05, 0) is 31.5 Å². The number of nitrogens with zero attached hydrogens (tertiary/aromatic N) is 2. The van der Waals surface area contributed by atoms with Crippen LogP contribution in [0.2, 0.25) is 0 Å². The van der Waals surface area contributed by atoms with Crippen LogP contribution in [0.25, 0.3) is 10.4 Å². The summed E-state index contributed by atoms with van der Waals surface area (Å²) < 4.78 is 11.6. The number of hydrogen-bond acceptors (Lipinski definition) is 7. The van der Waals surface area contributed by atoms with E-state index < -0.39 is 10.5 Å². The zero-order chi connectivity index (χ0) is 19.2. The van der Waals surface area contributed by atoms with Crippen molar-refractivity contribution in [3.63, 3.8) is 0 Å². The average Bonchev–Trinajstić information content (AvgIpc) is 3.18. The second kappa shape index (κ2) is 6.38. The van der Waals surface area contributed by atoms with E-state index >= 15 is 0 Å². The van der Waals surface area contributed by atoms with Crippen LogP contribution in [0.1, 0.15) is 44.0 Å². The minimum absolute atomic E-state index is 0.0571. The summed E-state index contributed by atoms with van der Waals surface area (Å²) in [7, 11) is 0. The third-order valence-corrected chi connectivity index (χ3v) is 6.41. The van der Waals surface area contributed by atoms with Crippen molar-refractivity contribution in [2.45, 2.75) is 50.2 Å². The van der Waals surface area contributed by atoms with Gasteiger partial charge in [-0.3, -0.25) is 14.9 Å². The molecule has 27 heavy (non-hydrogen) atoms. The lowest BCUT2D eigenvalue weighted by molar-refractivity contribution is -0.384. The van der Waals surface area contributed by atoms with Crippen molar-refractivity contribution in [3.8, 4) is 10.4 Å². The molecule has 142 valence electrons. The SMILES string of the molecule is CC1(C)C[C@@]2(CCO1)OC(=O)C[C@@H]2c1ncc(-c2ccc([N+](=O)[O-])cc2)s1. The Morgan fingerprint density at radius 3 is 2.70 bits per heavy atom. The van der Waals surface area contributed by atoms with E-state index in [9.17, 15) is 14.9 Å². The number of esters is 1. The Bertz CT molecular complexity index is 892. The molecule has 4 rings (SSSR count). The quantitative estimate of drug-likeness (QED) is 0.447. The minimum Gasteiger partial charge on any atom is -0.458 e. The van der Waals surface area contributed by atoms with Gasteiger partial charge in [-0.15, -0.1) is 11.3 Å². The molecule has 0 unspecified atom stereocenters. The Hall–Kier alpha value is -2.32. The molecule has 1 spiro atoms. The number of non-ortho nitro benzene ring substituents is 1. The molecular formula is C19H20N2O5S. The fraction of sp³-hybridized carbons (Fsp3) is 0.474. The van der Waals surface area contributed by atoms with Crippen molar-refractivity contribution >= 4 is 23.0 Å². The summed E-state index contributed by atoms with van der Waals surface area (Å²) in [5.74, 6) is -0.283. The van der Waals surface area contributed by atoms with Crippen LogP contribution in [0.4, 0.5) is 5.69 Å². The Morgan fingerprint density at radius 2 is 2.04 bits per heavy atom. The molecule has 2 fully saturated rings. The summed E-state index contributed by atoms with van der Waals surface area (Å²) in [6.45, 7) is 4.58. The largest absolute Gasteiger partial charge is 0.458 e. The van der Waals surface area contributed by atoms with Crippen molar-refractivity contribution in [2.75, 3.05) is 6.61 Å². The molecule has 0 aliphatic carbocycles. The molecule has 2 aromatic rings. The van der Waals surface area contributed by atoms with Gasteiger partial charge in [-0.1, -0.05) is 0 Å². The maximum atomic E-state index is 12.1. The zero-order valence-electron chi connectivity index (χ0n) is 15.1. The lowest BCUT2D eigenvalue weighted by Crippen LogP contribution is -2.48. The van der Waals surface area contributed by atoms with Gasteiger partial charge in [0.2, 0.25) is 0 Å². The topological polar surface area (TPSA) is 91.6 Å². The molecule has 2 aliphatic heterocycles. The Balaban J connectivity index is 1.63. The molecule has 7 nitrogen and oxygen atoms in total. The molecule has 0 N–H and O–H groups in total. The first-order valence-electron chi connectivity index (χ1n) is 8.84. The second-order valence-electron chi connectivity index (χ2n) is 7.70. The van der Waals surface area contributed by atoms with Crippen molar-refractivity contribution in [2.24, 2.45) is 0 Å². The molecule has 2 atom stereocenters. The van der Waals surface area contributed by atoms with Gasteiger partial charge in [0.05, 0.1) is 34.3 Å². The lowest BCUT2D eigenvalue weighted by atomic mass is 9.76. The number of benzene rings is 1. The first kappa shape index (κ1) is 18.1. The normalized spacial score (nSPS) is 26.9. The van der Waals surface area contributed by atoms with Crippen LogP contribution in [-0.2, 0) is 14.3 Å². The molecule has 1 aromatic carbocycles. The molecule has 3 heterocycles. The number of carbonyl (C=O) groups is 1. The van der Waals surface area contributed by atoms with Gasteiger partial charge in [0, 0.05) is 31.2 Å². The monoisotopic (exact) mass is 388 g/mol. The predicted molar refractivity (Wildman–Crippen MR) is 99.7 cm³/mol. The number of carbonyl (C=O) groups excluding carboxylic acids is 1. The van der Waals surface area contributed by atoms with E-state index in [-0.39, 0.29) is 23.2 Å². The highest BCUT2D eigenvalue weighted by molar-refractivity contribution is 7.15. The van der Waals surface area contributed by atoms with E-state index in [0.717, 1.165) is 15.4 Å². The Morgan fingerprint density at radius 1 is 1.30 bits per heavy atom. The number of nitro groups is 1. The summed E-state index contributed by atoms with van der Waals surface area (Å²) in [5, 5.41) is 11.7. The highest BCUT2D eigenvalue weighted by Gasteiger charge is 2.55. The molecule has 2 aliphatic rings. The first-order valence-corrected chi connectivity index (χ1v) is 9.66. The van der Waals surface area contributed by atoms with Gasteiger partial charge in [-0.2, -0.15) is 0 Å². The third kappa shape index (κ3) is 3.35. The van der Waals surface area contributed by atoms with Crippen LogP contribution >= 0.6 is 11.3 Å². The van der Waals surface area contributed by atoms with Crippen molar-refractivity contribution in [3.05, 3.63) is 45.6 Å². The van der Waals surface area contributed by atoms with E-state index in [1.807, 2.05) is 13.8 Å². The number of ether oxygens (including phenoxy) is 2. The van der Waals surface area contributed by atoms with Crippen LogP contribution in [0.15, 0.2) is 30.5 Å². The second-order valence-corrected chi connectivity index (χ2v) is 8.76. The van der Waals surface area contributed by atoms with Gasteiger partial charge in [0.1, 0.15) is 10.6 Å². The van der Waals surface area contributed by atoms with Crippen LogP contribution < -0.4 is 0 Å². The van der Waals surface area contributed by atoms with Gasteiger partial charge < -0.3 is 9.47 Å². The fourth-order valence-electron chi connectivity index (χ4n) is 4.08. The van der Waals surface area contributed by atoms with Crippen LogP contribution in [0.5, 0.6) is 0 Å². The summed E-state index contributed by atoms with van der Waals surface area (Å²) in [6.07, 6.45) is 3.40. The average molecular weight is 388 g/mol. The minimum atomic E-state index is -0.566. The molecule has 8 heteroatoms. The van der Waals surface area contributed by atoms with Crippen molar-refractivity contribution in [1.82, 2.24) is 4.98 Å². The number of hydrogen-bond donors (Lipinski definition) is 0. The molecule has 2 saturated heterocycles. The summed E-state index contributed by atoms with van der Waals surface area (Å²) in [5.41, 5.74) is 0.0147. The summed E-state index contributed by atoms with van der Waals surface area (Å²) in [6, 6.07) is 6.41. The molecule has 0 radical (unpaired) electrons. The van der Waals surface area contributed by atoms with Gasteiger partial charge in [-0.25, -0.2) is 4.98 Å². The summed E-state index contributed by atoms with van der Waals surface area (Å²) >= 11 is 1.51. The van der Waals surface area contributed by atoms with Crippen LogP contribution in [0.3, 0.4) is 0 Å². The number of thiazole rings is 1. The lowest BCUT2D eigenvalue weighted by Gasteiger charge is -2.43. The summed E-state index contributed by atoms with van der Waals surface area (Å²) in [4.78, 5) is 28.0. The van der Waals surface area contributed by atoms with E-state index in [0.29, 0.717) is 25.9 Å². The Labute approximate surface area is 160 Å². The van der Waals surface area contributed by atoms with Gasteiger partial charge >= 0.3 is 5.97 Å². The van der Waals surface area contributed by atoms with E-state index in [4.69, 9.17) is 9.47 Å². The molecule has 0 saturated carbocycles. The molecule has 1 aromatic heterocycles. The van der Waals surface area contributed by atoms with Gasteiger partial charge in [0.15, 0.2) is 0 Å². The highest BCUT2D eigenvalue weighted by atomic mass is 32.1. The number of nitro benzene ring substituents is 1. The number of rotatable bonds is 3. The van der Waals surface area contributed by atoms with Crippen LogP contribution in [-0.4, -0.2) is 33.7 Å². The molecular weight excluding hydrogens is 368 g/mol. The van der Waals surface area contributed by atoms with Crippen LogP contribution in [0, 0.1) is 10.1 Å². The Kier molecular flexibility index (Phi) is 4.27. The molecule has 0 amide bonds. The maximum absolute atomic E-state index is 12.1. The smallest absolute Gasteiger partial charge is 0.307 e. The van der Waals surface area contributed by atoms with Gasteiger partial charge in [0.25, 0.3) is 5.69 Å². The predicted octanol–water partition coefficient (Wildman–Crippen LogP) is 4.08. The van der Waals surface area contributed by atoms with E-state index in [1.165, 1.54) is 23.5 Å². The number of aromatic nitrogens is 1. The first-order chi connectivity index (χ1) is 12.8. The fourth-order valence-corrected chi connectivity index (χ4v) is 5.21. The van der Waals surface area contributed by atoms with Crippen molar-refractivity contribution < 1.29 is 19.2 Å². The molecule has 0 bridgehead atoms. The van der Waals surface area contributed by atoms with E-state index in [2.05, 4.69) is 4.98 Å². The maximum Gasteiger partial charge on any atom is 0.307 e. The zero-order valence-corrected chi connectivity index (χ0v) is 16.0.